The van der Waals surface area contributed by atoms with E-state index in [2.05, 4.69) is 15.2 Å². The minimum absolute atomic E-state index is 0.151. The fourth-order valence-corrected chi connectivity index (χ4v) is 2.47. The van der Waals surface area contributed by atoms with Crippen LogP contribution in [0.3, 0.4) is 0 Å². The third kappa shape index (κ3) is 3.56. The highest BCUT2D eigenvalue weighted by Crippen LogP contribution is 2.17. The Morgan fingerprint density at radius 1 is 1.09 bits per heavy atom. The van der Waals surface area contributed by atoms with E-state index in [0.29, 0.717) is 26.2 Å². The maximum absolute atomic E-state index is 13.6. The molecule has 0 atom stereocenters. The predicted octanol–water partition coefficient (Wildman–Crippen LogP) is 2.71. The average molecular weight is 318 g/mol. The van der Waals surface area contributed by atoms with Gasteiger partial charge in [-0.2, -0.15) is 0 Å². The number of carbonyl (C=O) groups is 1. The quantitative estimate of drug-likeness (QED) is 0.926. The summed E-state index contributed by atoms with van der Waals surface area (Å²) in [5, 5.41) is 2.41. The van der Waals surface area contributed by atoms with Crippen LogP contribution in [0.2, 0.25) is 0 Å². The number of hydrogen-bond acceptors (Lipinski definition) is 3. The van der Waals surface area contributed by atoms with Gasteiger partial charge in [0.2, 0.25) is 0 Å². The number of aromatic nitrogens is 1. The second kappa shape index (κ2) is 6.60. The van der Waals surface area contributed by atoms with E-state index in [1.807, 2.05) is 18.2 Å². The van der Waals surface area contributed by atoms with Gasteiger partial charge in [-0.1, -0.05) is 6.07 Å². The van der Waals surface area contributed by atoms with Gasteiger partial charge >= 0.3 is 6.03 Å². The van der Waals surface area contributed by atoms with Crippen LogP contribution >= 0.6 is 0 Å². The molecule has 2 aromatic rings. The summed E-state index contributed by atoms with van der Waals surface area (Å²) in [4.78, 5) is 20.1. The predicted molar refractivity (Wildman–Crippen MR) is 83.4 cm³/mol. The van der Waals surface area contributed by atoms with Gasteiger partial charge in [0.15, 0.2) is 0 Å². The fourth-order valence-electron chi connectivity index (χ4n) is 2.47. The van der Waals surface area contributed by atoms with Crippen LogP contribution in [0.1, 0.15) is 0 Å². The van der Waals surface area contributed by atoms with Crippen molar-refractivity contribution in [2.45, 2.75) is 0 Å². The maximum atomic E-state index is 13.6. The fraction of sp³-hybridized carbons (Fsp3) is 0.250. The molecule has 1 fully saturated rings. The van der Waals surface area contributed by atoms with Gasteiger partial charge in [-0.25, -0.2) is 18.6 Å². The number of benzene rings is 1. The van der Waals surface area contributed by atoms with Crippen molar-refractivity contribution in [3.05, 3.63) is 54.2 Å². The highest BCUT2D eigenvalue weighted by atomic mass is 19.1. The molecule has 5 nitrogen and oxygen atoms in total. The Bertz CT molecular complexity index is 688. The molecule has 2 amide bonds. The summed E-state index contributed by atoms with van der Waals surface area (Å²) >= 11 is 0. The zero-order valence-corrected chi connectivity index (χ0v) is 12.4. The third-order valence-electron chi connectivity index (χ3n) is 3.71. The number of anilines is 2. The molecular formula is C16H16F2N4O. The number of carbonyl (C=O) groups excluding carboxylic acids is 1. The van der Waals surface area contributed by atoms with E-state index in [1.54, 1.807) is 11.1 Å². The number of pyridine rings is 1. The van der Waals surface area contributed by atoms with Crippen LogP contribution < -0.4 is 10.2 Å². The number of rotatable bonds is 2. The Balaban J connectivity index is 1.59. The molecule has 0 bridgehead atoms. The summed E-state index contributed by atoms with van der Waals surface area (Å²) in [6.45, 7) is 2.24. The van der Waals surface area contributed by atoms with E-state index in [1.165, 1.54) is 0 Å². The van der Waals surface area contributed by atoms with E-state index < -0.39 is 17.7 Å². The van der Waals surface area contributed by atoms with Crippen LogP contribution in [0.25, 0.3) is 0 Å². The Labute approximate surface area is 132 Å². The molecule has 1 N–H and O–H groups in total. The molecule has 1 saturated heterocycles. The second-order valence-electron chi connectivity index (χ2n) is 5.22. The molecule has 1 aromatic heterocycles. The van der Waals surface area contributed by atoms with Crippen LogP contribution in [0.5, 0.6) is 0 Å². The summed E-state index contributed by atoms with van der Waals surface area (Å²) in [6.07, 6.45) is 1.72. The van der Waals surface area contributed by atoms with Gasteiger partial charge in [0.1, 0.15) is 17.5 Å². The van der Waals surface area contributed by atoms with E-state index >= 15 is 0 Å². The highest BCUT2D eigenvalue weighted by molar-refractivity contribution is 5.89. The van der Waals surface area contributed by atoms with E-state index in [0.717, 1.165) is 24.0 Å². The minimum atomic E-state index is -0.660. The molecule has 0 spiro atoms. The molecule has 3 rings (SSSR count). The number of halogens is 2. The van der Waals surface area contributed by atoms with Gasteiger partial charge in [-0.15, -0.1) is 0 Å². The summed E-state index contributed by atoms with van der Waals surface area (Å²) < 4.78 is 26.7. The zero-order valence-electron chi connectivity index (χ0n) is 12.4. The third-order valence-corrected chi connectivity index (χ3v) is 3.71. The van der Waals surface area contributed by atoms with Gasteiger partial charge in [0.05, 0.1) is 5.69 Å². The van der Waals surface area contributed by atoms with Crippen LogP contribution in [-0.2, 0) is 0 Å². The first-order chi connectivity index (χ1) is 11.1. The monoisotopic (exact) mass is 318 g/mol. The van der Waals surface area contributed by atoms with Gasteiger partial charge in [-0.3, -0.25) is 0 Å². The van der Waals surface area contributed by atoms with E-state index in [4.69, 9.17) is 0 Å². The summed E-state index contributed by atoms with van der Waals surface area (Å²) in [6, 6.07) is 8.21. The van der Waals surface area contributed by atoms with Gasteiger partial charge in [-0.05, 0) is 24.3 Å². The molecular weight excluding hydrogens is 302 g/mol. The van der Waals surface area contributed by atoms with E-state index in [-0.39, 0.29) is 5.69 Å². The normalized spacial score (nSPS) is 14.7. The number of nitrogens with zero attached hydrogens (tertiary/aromatic N) is 3. The zero-order chi connectivity index (χ0) is 16.2. The molecule has 1 aromatic carbocycles. The van der Waals surface area contributed by atoms with Crippen molar-refractivity contribution in [1.29, 1.82) is 0 Å². The molecule has 1 aliphatic heterocycles. The highest BCUT2D eigenvalue weighted by Gasteiger charge is 2.22. The minimum Gasteiger partial charge on any atom is -0.353 e. The maximum Gasteiger partial charge on any atom is 0.322 e. The lowest BCUT2D eigenvalue weighted by Gasteiger charge is -2.35. The molecule has 2 heterocycles. The molecule has 23 heavy (non-hydrogen) atoms. The first kappa shape index (κ1) is 15.2. The molecule has 0 aliphatic carbocycles. The average Bonchev–Trinajstić information content (AvgIpc) is 2.59. The van der Waals surface area contributed by atoms with Crippen LogP contribution in [0.4, 0.5) is 25.1 Å². The lowest BCUT2D eigenvalue weighted by molar-refractivity contribution is 0.208. The van der Waals surface area contributed by atoms with Crippen molar-refractivity contribution < 1.29 is 13.6 Å². The molecule has 7 heteroatoms. The smallest absolute Gasteiger partial charge is 0.322 e. The molecule has 0 unspecified atom stereocenters. The molecule has 1 aliphatic rings. The first-order valence-electron chi connectivity index (χ1n) is 7.30. The first-order valence-corrected chi connectivity index (χ1v) is 7.30. The van der Waals surface area contributed by atoms with Gasteiger partial charge in [0, 0.05) is 38.4 Å². The van der Waals surface area contributed by atoms with Crippen molar-refractivity contribution in [2.75, 3.05) is 36.4 Å². The summed E-state index contributed by atoms with van der Waals surface area (Å²) in [5.74, 6) is -0.391. The van der Waals surface area contributed by atoms with Crippen molar-refractivity contribution in [3.63, 3.8) is 0 Å². The van der Waals surface area contributed by atoms with Crippen molar-refractivity contribution in [2.24, 2.45) is 0 Å². The number of urea groups is 1. The number of hydrogen-bond donors (Lipinski definition) is 1. The largest absolute Gasteiger partial charge is 0.353 e. The lowest BCUT2D eigenvalue weighted by atomic mass is 10.3. The Kier molecular flexibility index (Phi) is 4.36. The van der Waals surface area contributed by atoms with Gasteiger partial charge < -0.3 is 15.1 Å². The van der Waals surface area contributed by atoms with E-state index in [9.17, 15) is 13.6 Å². The van der Waals surface area contributed by atoms with Crippen molar-refractivity contribution in [1.82, 2.24) is 9.88 Å². The molecule has 0 radical (unpaired) electrons. The van der Waals surface area contributed by atoms with Crippen LogP contribution in [-0.4, -0.2) is 42.1 Å². The summed E-state index contributed by atoms with van der Waals surface area (Å²) in [5.41, 5.74) is -0.151. The Morgan fingerprint density at radius 2 is 1.87 bits per heavy atom. The van der Waals surface area contributed by atoms with Crippen LogP contribution in [0, 0.1) is 11.6 Å². The van der Waals surface area contributed by atoms with Gasteiger partial charge in [0.25, 0.3) is 0 Å². The summed E-state index contributed by atoms with van der Waals surface area (Å²) in [7, 11) is 0. The lowest BCUT2D eigenvalue weighted by Crippen LogP contribution is -2.50. The van der Waals surface area contributed by atoms with Crippen molar-refractivity contribution >= 4 is 17.5 Å². The molecule has 0 saturated carbocycles. The molecule has 120 valence electrons. The second-order valence-corrected chi connectivity index (χ2v) is 5.22. The van der Waals surface area contributed by atoms with Crippen molar-refractivity contribution in [3.8, 4) is 0 Å². The number of nitrogens with one attached hydrogen (secondary N) is 1. The Morgan fingerprint density at radius 3 is 2.57 bits per heavy atom. The standard InChI is InChI=1S/C16H16F2N4O/c17-12-4-5-13(18)14(11-12)20-16(23)22-9-7-21(8-10-22)15-3-1-2-6-19-15/h1-6,11H,7-10H2,(H,20,23). The topological polar surface area (TPSA) is 48.5 Å². The number of amides is 2. The Hall–Kier alpha value is -2.70. The van der Waals surface area contributed by atoms with Crippen LogP contribution in [0.15, 0.2) is 42.6 Å². The number of piperazine rings is 1. The SMILES string of the molecule is O=C(Nc1cc(F)ccc1F)N1CCN(c2ccccn2)CC1.